The van der Waals surface area contributed by atoms with Crippen molar-refractivity contribution in [3.8, 4) is 0 Å². The third-order valence-electron chi connectivity index (χ3n) is 5.89. The van der Waals surface area contributed by atoms with E-state index in [-0.39, 0.29) is 30.2 Å². The van der Waals surface area contributed by atoms with E-state index >= 15 is 0 Å². The molecule has 2 heterocycles. The maximum atomic E-state index is 12.6. The number of hydrogen-bond acceptors (Lipinski definition) is 4. The molecular formula is C26H30N2O4. The number of nitrogens with zero attached hydrogens (tertiary/aromatic N) is 2. The quantitative estimate of drug-likeness (QED) is 0.273. The predicted molar refractivity (Wildman–Crippen MR) is 124 cm³/mol. The number of piperidine rings is 1. The van der Waals surface area contributed by atoms with E-state index in [4.69, 9.17) is 4.74 Å². The Labute approximate surface area is 189 Å². The van der Waals surface area contributed by atoms with E-state index in [0.29, 0.717) is 38.0 Å². The lowest BCUT2D eigenvalue weighted by Gasteiger charge is -2.30. The van der Waals surface area contributed by atoms with Crippen LogP contribution in [0, 0.1) is 19.8 Å². The predicted octanol–water partition coefficient (Wildman–Crippen LogP) is 3.97. The van der Waals surface area contributed by atoms with E-state index in [9.17, 15) is 14.4 Å². The highest BCUT2D eigenvalue weighted by molar-refractivity contribution is 5.99. The fraction of sp³-hybridized carbons (Fsp3) is 0.346. The second-order valence-corrected chi connectivity index (χ2v) is 8.06. The third kappa shape index (κ3) is 5.63. The lowest BCUT2D eigenvalue weighted by atomic mass is 9.97. The van der Waals surface area contributed by atoms with Crippen LogP contribution in [0.4, 0.5) is 0 Å². The molecule has 2 aromatic rings. The van der Waals surface area contributed by atoms with Crippen LogP contribution in [0.5, 0.6) is 0 Å². The zero-order valence-corrected chi connectivity index (χ0v) is 18.8. The first kappa shape index (κ1) is 23.3. The molecule has 6 nitrogen and oxygen atoms in total. The third-order valence-corrected chi connectivity index (χ3v) is 5.89. The van der Waals surface area contributed by atoms with Gasteiger partial charge in [0.15, 0.2) is 6.61 Å². The number of esters is 1. The van der Waals surface area contributed by atoms with Gasteiger partial charge in [0.05, 0.1) is 5.92 Å². The molecule has 0 unspecified atom stereocenters. The van der Waals surface area contributed by atoms with Crippen LogP contribution in [0.25, 0.3) is 6.08 Å². The first-order valence-corrected chi connectivity index (χ1v) is 10.9. The van der Waals surface area contributed by atoms with E-state index in [0.717, 1.165) is 17.0 Å². The van der Waals surface area contributed by atoms with Crippen LogP contribution in [0.1, 0.15) is 40.2 Å². The molecule has 0 bridgehead atoms. The summed E-state index contributed by atoms with van der Waals surface area (Å²) in [5.41, 5.74) is 3.35. The van der Waals surface area contributed by atoms with E-state index in [1.54, 1.807) is 23.1 Å². The molecule has 1 aliphatic heterocycles. The van der Waals surface area contributed by atoms with Crippen LogP contribution in [0.15, 0.2) is 55.1 Å². The molecule has 3 rings (SSSR count). The van der Waals surface area contributed by atoms with E-state index in [1.165, 1.54) is 0 Å². The van der Waals surface area contributed by atoms with Crippen molar-refractivity contribution >= 4 is 23.7 Å². The number of carbonyl (C=O) groups is 3. The molecule has 1 fully saturated rings. The van der Waals surface area contributed by atoms with Gasteiger partial charge in [0.25, 0.3) is 0 Å². The summed E-state index contributed by atoms with van der Waals surface area (Å²) >= 11 is 0. The van der Waals surface area contributed by atoms with Crippen molar-refractivity contribution in [2.24, 2.45) is 5.92 Å². The number of aryl methyl sites for hydroxylation is 1. The highest BCUT2D eigenvalue weighted by atomic mass is 16.5. The Morgan fingerprint density at radius 3 is 2.47 bits per heavy atom. The van der Waals surface area contributed by atoms with Gasteiger partial charge < -0.3 is 14.2 Å². The summed E-state index contributed by atoms with van der Waals surface area (Å²) in [6, 6.07) is 11.5. The van der Waals surface area contributed by atoms with Gasteiger partial charge in [-0.25, -0.2) is 0 Å². The van der Waals surface area contributed by atoms with Gasteiger partial charge in [-0.05, 0) is 44.4 Å². The molecule has 1 aromatic carbocycles. The number of benzene rings is 1. The summed E-state index contributed by atoms with van der Waals surface area (Å²) in [4.78, 5) is 39.2. The monoisotopic (exact) mass is 434 g/mol. The lowest BCUT2D eigenvalue weighted by molar-refractivity contribution is -0.150. The number of likely N-dealkylation sites (tertiary alicyclic amines) is 1. The van der Waals surface area contributed by atoms with Gasteiger partial charge in [-0.1, -0.05) is 36.4 Å². The zero-order valence-electron chi connectivity index (χ0n) is 18.8. The first-order chi connectivity index (χ1) is 15.4. The van der Waals surface area contributed by atoms with Crippen LogP contribution in [-0.4, -0.2) is 46.8 Å². The van der Waals surface area contributed by atoms with Crippen LogP contribution in [0.2, 0.25) is 0 Å². The van der Waals surface area contributed by atoms with Gasteiger partial charge >= 0.3 is 5.97 Å². The molecule has 0 atom stereocenters. The van der Waals surface area contributed by atoms with Crippen molar-refractivity contribution in [3.05, 3.63) is 77.6 Å². The highest BCUT2D eigenvalue weighted by Gasteiger charge is 2.28. The minimum absolute atomic E-state index is 0.0641. The van der Waals surface area contributed by atoms with Crippen molar-refractivity contribution in [1.29, 1.82) is 0 Å². The van der Waals surface area contributed by atoms with E-state index in [1.807, 2.05) is 54.8 Å². The molecule has 0 radical (unpaired) electrons. The molecule has 0 saturated carbocycles. The van der Waals surface area contributed by atoms with Gasteiger partial charge in [0.2, 0.25) is 11.7 Å². The molecular weight excluding hydrogens is 404 g/mol. The molecule has 6 heteroatoms. The minimum Gasteiger partial charge on any atom is -0.457 e. The summed E-state index contributed by atoms with van der Waals surface area (Å²) in [6.45, 7) is 8.90. The molecule has 168 valence electrons. The summed E-state index contributed by atoms with van der Waals surface area (Å²) in [5, 5.41) is 0. The van der Waals surface area contributed by atoms with Crippen LogP contribution >= 0.6 is 0 Å². The van der Waals surface area contributed by atoms with Crippen molar-refractivity contribution in [2.45, 2.75) is 33.2 Å². The summed E-state index contributed by atoms with van der Waals surface area (Å²) in [5.74, 6) is -0.936. The summed E-state index contributed by atoms with van der Waals surface area (Å²) in [6.07, 6.45) is 6.20. The first-order valence-electron chi connectivity index (χ1n) is 10.9. The number of rotatable bonds is 8. The molecule has 0 N–H and O–H groups in total. The maximum Gasteiger partial charge on any atom is 0.309 e. The van der Waals surface area contributed by atoms with Crippen LogP contribution < -0.4 is 0 Å². The molecule has 1 saturated heterocycles. The molecule has 0 aliphatic carbocycles. The average Bonchev–Trinajstić information content (AvgIpc) is 3.10. The number of amides is 1. The molecule has 1 aliphatic rings. The fourth-order valence-electron chi connectivity index (χ4n) is 4.00. The topological polar surface area (TPSA) is 68.6 Å². The van der Waals surface area contributed by atoms with Crippen molar-refractivity contribution in [1.82, 2.24) is 9.47 Å². The second kappa shape index (κ2) is 10.8. The number of aromatic nitrogens is 1. The standard InChI is InChI=1S/C26H30N2O4/c1-4-14-28-19(2)17-23(20(28)3)24(29)18-32-26(31)22-12-15-27(16-13-22)25(30)11-10-21-8-6-5-7-9-21/h4-11,17,22H,1,12-16,18H2,2-3H3/b11-10+. The van der Waals surface area contributed by atoms with Gasteiger partial charge in [-0.3, -0.25) is 14.4 Å². The summed E-state index contributed by atoms with van der Waals surface area (Å²) in [7, 11) is 0. The van der Waals surface area contributed by atoms with Gasteiger partial charge in [-0.15, -0.1) is 6.58 Å². The minimum atomic E-state index is -0.370. The number of ketones is 1. The maximum absolute atomic E-state index is 12.6. The smallest absolute Gasteiger partial charge is 0.309 e. The highest BCUT2D eigenvalue weighted by Crippen LogP contribution is 2.20. The normalized spacial score (nSPS) is 14.5. The number of carbonyl (C=O) groups excluding carboxylic acids is 3. The van der Waals surface area contributed by atoms with Crippen molar-refractivity contribution in [3.63, 3.8) is 0 Å². The molecule has 1 aromatic heterocycles. The Kier molecular flexibility index (Phi) is 7.82. The fourth-order valence-corrected chi connectivity index (χ4v) is 4.00. The van der Waals surface area contributed by atoms with Gasteiger partial charge in [0.1, 0.15) is 0 Å². The molecule has 0 spiro atoms. The van der Waals surface area contributed by atoms with Crippen molar-refractivity contribution < 1.29 is 19.1 Å². The Hall–Kier alpha value is -3.41. The molecule has 1 amide bonds. The van der Waals surface area contributed by atoms with E-state index < -0.39 is 0 Å². The number of Topliss-reactive ketones (excluding diaryl/α,β-unsaturated/α-hetero) is 1. The average molecular weight is 435 g/mol. The Bertz CT molecular complexity index is 1010. The second-order valence-electron chi connectivity index (χ2n) is 8.06. The van der Waals surface area contributed by atoms with Gasteiger partial charge in [-0.2, -0.15) is 0 Å². The number of allylic oxidation sites excluding steroid dienone is 1. The van der Waals surface area contributed by atoms with Crippen LogP contribution in [0.3, 0.4) is 0 Å². The SMILES string of the molecule is C=CCn1c(C)cc(C(=O)COC(=O)C2CCN(C(=O)/C=C/c3ccccc3)CC2)c1C. The number of hydrogen-bond donors (Lipinski definition) is 0. The Morgan fingerprint density at radius 1 is 1.12 bits per heavy atom. The largest absolute Gasteiger partial charge is 0.457 e. The van der Waals surface area contributed by atoms with E-state index in [2.05, 4.69) is 6.58 Å². The lowest BCUT2D eigenvalue weighted by Crippen LogP contribution is -2.40. The Balaban J connectivity index is 1.47. The summed E-state index contributed by atoms with van der Waals surface area (Å²) < 4.78 is 7.33. The molecule has 32 heavy (non-hydrogen) atoms. The van der Waals surface area contributed by atoms with Gasteiger partial charge in [0, 0.05) is 42.7 Å². The van der Waals surface area contributed by atoms with Crippen LogP contribution in [-0.2, 0) is 20.9 Å². The Morgan fingerprint density at radius 2 is 1.81 bits per heavy atom. The number of ether oxygens (including phenoxy) is 1. The van der Waals surface area contributed by atoms with Crippen molar-refractivity contribution in [2.75, 3.05) is 19.7 Å². The zero-order chi connectivity index (χ0) is 23.1.